The number of halogens is 3. The summed E-state index contributed by atoms with van der Waals surface area (Å²) >= 11 is 0. The Kier molecular flexibility index (Phi) is 6.30. The van der Waals surface area contributed by atoms with Crippen molar-refractivity contribution < 1.29 is 17.9 Å². The summed E-state index contributed by atoms with van der Waals surface area (Å²) in [5.74, 6) is -0.273. The zero-order valence-electron chi connectivity index (χ0n) is 13.6. The largest absolute Gasteiger partial charge is 0.573 e. The standard InChI is InChI=1S/C16H23F3N4O/c1-12-6-4-5-10-23(12)11-9-21-15(20)22-13-7-2-3-8-14(13)24-16(17,18)19/h2-3,7-8,12H,4-6,9-11H2,1H3,(H3,20,21,22). The number of rotatable bonds is 5. The van der Waals surface area contributed by atoms with Crippen LogP contribution in [0.1, 0.15) is 26.2 Å². The number of likely N-dealkylation sites (tertiary alicyclic amines) is 1. The van der Waals surface area contributed by atoms with Crippen molar-refractivity contribution in [2.75, 3.05) is 25.0 Å². The number of benzene rings is 1. The summed E-state index contributed by atoms with van der Waals surface area (Å²) in [6.45, 7) is 4.51. The van der Waals surface area contributed by atoms with Crippen LogP contribution in [0.2, 0.25) is 0 Å². The maximum absolute atomic E-state index is 12.4. The molecule has 5 nitrogen and oxygen atoms in total. The molecule has 8 heteroatoms. The number of guanidine groups is 1. The number of nitrogens with two attached hydrogens (primary N) is 1. The smallest absolute Gasteiger partial charge is 0.404 e. The number of nitrogens with one attached hydrogen (secondary N) is 1. The lowest BCUT2D eigenvalue weighted by atomic mass is 10.0. The van der Waals surface area contributed by atoms with Gasteiger partial charge in [-0.1, -0.05) is 18.6 Å². The number of alkyl halides is 3. The van der Waals surface area contributed by atoms with Gasteiger partial charge < -0.3 is 15.8 Å². The summed E-state index contributed by atoms with van der Waals surface area (Å²) in [6, 6.07) is 6.25. The highest BCUT2D eigenvalue weighted by Gasteiger charge is 2.32. The van der Waals surface area contributed by atoms with Crippen molar-refractivity contribution in [1.29, 1.82) is 0 Å². The Morgan fingerprint density at radius 2 is 2.12 bits per heavy atom. The zero-order chi connectivity index (χ0) is 17.6. The van der Waals surface area contributed by atoms with Crippen LogP contribution < -0.4 is 15.8 Å². The van der Waals surface area contributed by atoms with E-state index in [4.69, 9.17) is 5.73 Å². The first-order valence-corrected chi connectivity index (χ1v) is 8.01. The lowest BCUT2D eigenvalue weighted by Gasteiger charge is -2.32. The third-order valence-corrected chi connectivity index (χ3v) is 3.99. The van der Waals surface area contributed by atoms with Crippen molar-refractivity contribution >= 4 is 11.6 Å². The fourth-order valence-electron chi connectivity index (χ4n) is 2.75. The minimum atomic E-state index is -4.76. The second-order valence-corrected chi connectivity index (χ2v) is 5.82. The highest BCUT2D eigenvalue weighted by molar-refractivity contribution is 5.93. The molecule has 0 saturated carbocycles. The molecule has 1 aliphatic heterocycles. The molecule has 0 aromatic heterocycles. The van der Waals surface area contributed by atoms with E-state index in [1.165, 1.54) is 37.5 Å². The van der Waals surface area contributed by atoms with Crippen LogP contribution in [0.15, 0.2) is 29.3 Å². The summed E-state index contributed by atoms with van der Waals surface area (Å²) in [5.41, 5.74) is 5.90. The predicted octanol–water partition coefficient (Wildman–Crippen LogP) is 3.19. The van der Waals surface area contributed by atoms with Crippen molar-refractivity contribution in [3.63, 3.8) is 0 Å². The van der Waals surface area contributed by atoms with Crippen molar-refractivity contribution in [3.8, 4) is 5.75 Å². The summed E-state index contributed by atoms with van der Waals surface area (Å²) in [7, 11) is 0. The van der Waals surface area contributed by atoms with Crippen molar-refractivity contribution in [2.45, 2.75) is 38.6 Å². The average molecular weight is 344 g/mol. The molecule has 24 heavy (non-hydrogen) atoms. The van der Waals surface area contributed by atoms with Gasteiger partial charge >= 0.3 is 6.36 Å². The first-order chi connectivity index (χ1) is 11.3. The van der Waals surface area contributed by atoms with Crippen LogP contribution in [0, 0.1) is 0 Å². The van der Waals surface area contributed by atoms with Gasteiger partial charge in [-0.25, -0.2) is 0 Å². The van der Waals surface area contributed by atoms with Gasteiger partial charge in [0, 0.05) is 12.6 Å². The Hall–Kier alpha value is -1.96. The summed E-state index contributed by atoms with van der Waals surface area (Å²) in [5, 5.41) is 2.67. The van der Waals surface area contributed by atoms with Crippen LogP contribution in [0.5, 0.6) is 5.75 Å². The fraction of sp³-hybridized carbons (Fsp3) is 0.562. The molecule has 0 aliphatic carbocycles. The quantitative estimate of drug-likeness (QED) is 0.636. The predicted molar refractivity (Wildman–Crippen MR) is 88.1 cm³/mol. The molecule has 3 N–H and O–H groups in total. The van der Waals surface area contributed by atoms with E-state index in [0.717, 1.165) is 13.1 Å². The number of hydrogen-bond donors (Lipinski definition) is 2. The average Bonchev–Trinajstić information content (AvgIpc) is 2.50. The molecule has 1 aliphatic rings. The second-order valence-electron chi connectivity index (χ2n) is 5.82. The van der Waals surface area contributed by atoms with Crippen LogP contribution in [0.3, 0.4) is 0 Å². The van der Waals surface area contributed by atoms with Gasteiger partial charge in [0.1, 0.15) is 0 Å². The third kappa shape index (κ3) is 5.92. The Bertz CT molecular complexity index is 562. The van der Waals surface area contributed by atoms with E-state index in [0.29, 0.717) is 12.6 Å². The van der Waals surface area contributed by atoms with Crippen LogP contribution in [-0.2, 0) is 0 Å². The Labute approximate surface area is 139 Å². The monoisotopic (exact) mass is 344 g/mol. The SMILES string of the molecule is CC1CCCCN1CCN=C(N)Nc1ccccc1OC(F)(F)F. The molecule has 1 heterocycles. The van der Waals surface area contributed by atoms with Crippen molar-refractivity contribution in [1.82, 2.24) is 4.90 Å². The molecule has 1 fully saturated rings. The number of para-hydroxylation sites is 2. The van der Waals surface area contributed by atoms with Gasteiger partial charge in [0.25, 0.3) is 0 Å². The maximum atomic E-state index is 12.4. The molecule has 1 saturated heterocycles. The van der Waals surface area contributed by atoms with Crippen LogP contribution >= 0.6 is 0 Å². The highest BCUT2D eigenvalue weighted by Crippen LogP contribution is 2.29. The molecule has 134 valence electrons. The molecule has 1 atom stereocenters. The fourth-order valence-corrected chi connectivity index (χ4v) is 2.75. The van der Waals surface area contributed by atoms with E-state index in [1.807, 2.05) is 0 Å². The molecular formula is C16H23F3N4O. The number of piperidine rings is 1. The highest BCUT2D eigenvalue weighted by atomic mass is 19.4. The van der Waals surface area contributed by atoms with Gasteiger partial charge in [0.15, 0.2) is 11.7 Å². The Balaban J connectivity index is 1.90. The van der Waals surface area contributed by atoms with E-state index in [2.05, 4.69) is 26.9 Å². The number of ether oxygens (including phenoxy) is 1. The number of nitrogens with zero attached hydrogens (tertiary/aromatic N) is 2. The Morgan fingerprint density at radius 1 is 1.38 bits per heavy atom. The first kappa shape index (κ1) is 18.4. The minimum Gasteiger partial charge on any atom is -0.404 e. The number of aliphatic imine (C=N–C) groups is 1. The molecule has 1 aromatic rings. The lowest BCUT2D eigenvalue weighted by Crippen LogP contribution is -2.39. The Morgan fingerprint density at radius 3 is 2.83 bits per heavy atom. The topological polar surface area (TPSA) is 62.9 Å². The summed E-state index contributed by atoms with van der Waals surface area (Å²) < 4.78 is 41.1. The number of anilines is 1. The molecular weight excluding hydrogens is 321 g/mol. The third-order valence-electron chi connectivity index (χ3n) is 3.99. The molecule has 0 bridgehead atoms. The molecule has 0 spiro atoms. The van der Waals surface area contributed by atoms with Gasteiger partial charge in [-0.2, -0.15) is 0 Å². The molecule has 1 unspecified atom stereocenters. The molecule has 0 radical (unpaired) electrons. The first-order valence-electron chi connectivity index (χ1n) is 8.01. The van der Waals surface area contributed by atoms with Crippen LogP contribution in [0.25, 0.3) is 0 Å². The summed E-state index contributed by atoms with van der Waals surface area (Å²) in [4.78, 5) is 6.54. The van der Waals surface area contributed by atoms with Gasteiger partial charge in [-0.3, -0.25) is 9.89 Å². The minimum absolute atomic E-state index is 0.0675. The van der Waals surface area contributed by atoms with E-state index in [1.54, 1.807) is 6.07 Å². The lowest BCUT2D eigenvalue weighted by molar-refractivity contribution is -0.274. The zero-order valence-corrected chi connectivity index (χ0v) is 13.6. The molecule has 2 rings (SSSR count). The maximum Gasteiger partial charge on any atom is 0.573 e. The van der Waals surface area contributed by atoms with Gasteiger partial charge in [0.2, 0.25) is 0 Å². The molecule has 1 aromatic carbocycles. The van der Waals surface area contributed by atoms with E-state index < -0.39 is 6.36 Å². The van der Waals surface area contributed by atoms with Crippen LogP contribution in [-0.4, -0.2) is 42.9 Å². The van der Waals surface area contributed by atoms with Crippen LogP contribution in [0.4, 0.5) is 18.9 Å². The van der Waals surface area contributed by atoms with Crippen molar-refractivity contribution in [2.24, 2.45) is 10.7 Å². The van der Waals surface area contributed by atoms with Gasteiger partial charge in [-0.15, -0.1) is 13.2 Å². The number of hydrogen-bond acceptors (Lipinski definition) is 3. The van der Waals surface area contributed by atoms with E-state index in [9.17, 15) is 13.2 Å². The van der Waals surface area contributed by atoms with Gasteiger partial charge in [-0.05, 0) is 38.4 Å². The second kappa shape index (κ2) is 8.23. The van der Waals surface area contributed by atoms with E-state index in [-0.39, 0.29) is 17.4 Å². The van der Waals surface area contributed by atoms with Gasteiger partial charge in [0.05, 0.1) is 12.2 Å². The van der Waals surface area contributed by atoms with E-state index >= 15 is 0 Å². The van der Waals surface area contributed by atoms with Crippen molar-refractivity contribution in [3.05, 3.63) is 24.3 Å². The summed E-state index contributed by atoms with van der Waals surface area (Å²) in [6.07, 6.45) is -1.14. The normalized spacial score (nSPS) is 20.0. The molecule has 0 amide bonds.